The lowest BCUT2D eigenvalue weighted by Crippen LogP contribution is -2.28. The maximum atomic E-state index is 12.2. The Labute approximate surface area is 131 Å². The zero-order valence-electron chi connectivity index (χ0n) is 10.9. The highest BCUT2D eigenvalue weighted by Crippen LogP contribution is 2.20. The molecule has 1 aromatic heterocycles. The van der Waals surface area contributed by atoms with Crippen molar-refractivity contribution in [3.63, 3.8) is 0 Å². The monoisotopic (exact) mass is 352 g/mol. The lowest BCUT2D eigenvalue weighted by molar-refractivity contribution is 0.0935. The van der Waals surface area contributed by atoms with Gasteiger partial charge in [0.2, 0.25) is 0 Å². The van der Waals surface area contributed by atoms with E-state index in [0.29, 0.717) is 10.6 Å². The van der Waals surface area contributed by atoms with E-state index < -0.39 is 0 Å². The molecule has 0 radical (unpaired) electrons. The maximum absolute atomic E-state index is 12.2. The van der Waals surface area contributed by atoms with E-state index in [1.165, 1.54) is 0 Å². The van der Waals surface area contributed by atoms with Gasteiger partial charge in [0, 0.05) is 21.9 Å². The van der Waals surface area contributed by atoms with Gasteiger partial charge in [-0.25, -0.2) is 0 Å². The predicted molar refractivity (Wildman–Crippen MR) is 83.9 cm³/mol. The van der Waals surface area contributed by atoms with E-state index in [2.05, 4.69) is 26.2 Å². The molecule has 0 aliphatic heterocycles. The second-order valence-electron chi connectivity index (χ2n) is 4.38. The molecule has 0 saturated carbocycles. The molecule has 0 aliphatic carbocycles. The van der Waals surface area contributed by atoms with Crippen LogP contribution in [0.2, 0.25) is 5.02 Å². The number of halogens is 2. The predicted octanol–water partition coefficient (Wildman–Crippen LogP) is 4.38. The fourth-order valence-electron chi connectivity index (χ4n) is 1.89. The normalized spacial score (nSPS) is 11.9. The van der Waals surface area contributed by atoms with Gasteiger partial charge in [0.1, 0.15) is 0 Å². The van der Waals surface area contributed by atoms with Crippen molar-refractivity contribution < 1.29 is 4.79 Å². The first-order valence-electron chi connectivity index (χ1n) is 6.27. The average molecular weight is 354 g/mol. The number of hydrogen-bond acceptors (Lipinski definition) is 2. The molecule has 1 amide bonds. The molecule has 0 spiro atoms. The SMILES string of the molecule is CCC(NC(=O)c1cncc(Br)c1)c1ccc(Cl)cc1. The molecular formula is C15H14BrClN2O. The number of nitrogens with zero attached hydrogens (tertiary/aromatic N) is 1. The first-order chi connectivity index (χ1) is 9.60. The minimum atomic E-state index is -0.138. The molecule has 0 aliphatic rings. The van der Waals surface area contributed by atoms with Crippen molar-refractivity contribution in [1.82, 2.24) is 10.3 Å². The highest BCUT2D eigenvalue weighted by atomic mass is 79.9. The first-order valence-corrected chi connectivity index (χ1v) is 7.44. The fraction of sp³-hybridized carbons (Fsp3) is 0.200. The smallest absolute Gasteiger partial charge is 0.253 e. The van der Waals surface area contributed by atoms with Gasteiger partial charge in [0.25, 0.3) is 5.91 Å². The molecule has 1 unspecified atom stereocenters. The van der Waals surface area contributed by atoms with Crippen molar-refractivity contribution in [3.05, 3.63) is 63.3 Å². The Morgan fingerprint density at radius 2 is 2.05 bits per heavy atom. The van der Waals surface area contributed by atoms with E-state index >= 15 is 0 Å². The lowest BCUT2D eigenvalue weighted by Gasteiger charge is -2.17. The number of pyridine rings is 1. The molecular weight excluding hydrogens is 340 g/mol. The largest absolute Gasteiger partial charge is 0.345 e. The number of rotatable bonds is 4. The number of amides is 1. The van der Waals surface area contributed by atoms with Gasteiger partial charge in [0.15, 0.2) is 0 Å². The van der Waals surface area contributed by atoms with Crippen LogP contribution < -0.4 is 5.32 Å². The molecule has 0 saturated heterocycles. The molecule has 0 fully saturated rings. The van der Waals surface area contributed by atoms with Gasteiger partial charge in [-0.15, -0.1) is 0 Å². The zero-order chi connectivity index (χ0) is 14.5. The van der Waals surface area contributed by atoms with Crippen LogP contribution >= 0.6 is 27.5 Å². The van der Waals surface area contributed by atoms with Crippen LogP contribution in [0.3, 0.4) is 0 Å². The van der Waals surface area contributed by atoms with Crippen molar-refractivity contribution in [1.29, 1.82) is 0 Å². The van der Waals surface area contributed by atoms with Gasteiger partial charge in [-0.1, -0.05) is 30.7 Å². The number of benzene rings is 1. The second-order valence-corrected chi connectivity index (χ2v) is 5.73. The van der Waals surface area contributed by atoms with Gasteiger partial charge < -0.3 is 5.32 Å². The number of hydrogen-bond donors (Lipinski definition) is 1. The van der Waals surface area contributed by atoms with Crippen molar-refractivity contribution in [2.45, 2.75) is 19.4 Å². The summed E-state index contributed by atoms with van der Waals surface area (Å²) >= 11 is 9.19. The summed E-state index contributed by atoms with van der Waals surface area (Å²) in [6, 6.07) is 9.21. The van der Waals surface area contributed by atoms with Gasteiger partial charge in [0.05, 0.1) is 11.6 Å². The number of carbonyl (C=O) groups excluding carboxylic acids is 1. The Kier molecular flexibility index (Phi) is 5.15. The minimum absolute atomic E-state index is 0.0428. The van der Waals surface area contributed by atoms with Crippen molar-refractivity contribution in [2.24, 2.45) is 0 Å². The Balaban J connectivity index is 2.14. The third-order valence-corrected chi connectivity index (χ3v) is 3.64. The topological polar surface area (TPSA) is 42.0 Å². The van der Waals surface area contributed by atoms with Crippen LogP contribution in [0.15, 0.2) is 47.2 Å². The number of carbonyl (C=O) groups is 1. The van der Waals surface area contributed by atoms with Crippen LogP contribution in [0.5, 0.6) is 0 Å². The minimum Gasteiger partial charge on any atom is -0.345 e. The fourth-order valence-corrected chi connectivity index (χ4v) is 2.38. The molecule has 2 rings (SSSR count). The summed E-state index contributed by atoms with van der Waals surface area (Å²) in [6.07, 6.45) is 4.00. The standard InChI is InChI=1S/C15H14BrClN2O/c1-2-14(10-3-5-13(17)6-4-10)19-15(20)11-7-12(16)9-18-8-11/h3-9,14H,2H2,1H3,(H,19,20). The second kappa shape index (κ2) is 6.86. The van der Waals surface area contributed by atoms with Gasteiger partial charge in [-0.05, 0) is 46.1 Å². The molecule has 104 valence electrons. The molecule has 2 aromatic rings. The maximum Gasteiger partial charge on any atom is 0.253 e. The van der Waals surface area contributed by atoms with E-state index in [0.717, 1.165) is 16.5 Å². The third kappa shape index (κ3) is 3.81. The first kappa shape index (κ1) is 15.0. The number of nitrogens with one attached hydrogen (secondary N) is 1. The summed E-state index contributed by atoms with van der Waals surface area (Å²) in [7, 11) is 0. The van der Waals surface area contributed by atoms with E-state index in [9.17, 15) is 4.79 Å². The Hall–Kier alpha value is -1.39. The number of aromatic nitrogens is 1. The molecule has 1 N–H and O–H groups in total. The van der Waals surface area contributed by atoms with Crippen molar-refractivity contribution in [2.75, 3.05) is 0 Å². The van der Waals surface area contributed by atoms with Crippen LogP contribution in [0.25, 0.3) is 0 Å². The summed E-state index contributed by atoms with van der Waals surface area (Å²) in [5, 5.41) is 3.69. The van der Waals surface area contributed by atoms with Crippen LogP contribution in [0, 0.1) is 0 Å². The van der Waals surface area contributed by atoms with Gasteiger partial charge in [-0.3, -0.25) is 9.78 Å². The van der Waals surface area contributed by atoms with Crippen LogP contribution in [0.4, 0.5) is 0 Å². The molecule has 20 heavy (non-hydrogen) atoms. The summed E-state index contributed by atoms with van der Waals surface area (Å²) in [5.41, 5.74) is 1.57. The molecule has 0 bridgehead atoms. The van der Waals surface area contributed by atoms with E-state index in [1.807, 2.05) is 31.2 Å². The van der Waals surface area contributed by atoms with E-state index in [1.54, 1.807) is 18.5 Å². The molecule has 1 heterocycles. The Morgan fingerprint density at radius 1 is 1.35 bits per heavy atom. The highest BCUT2D eigenvalue weighted by molar-refractivity contribution is 9.10. The quantitative estimate of drug-likeness (QED) is 0.886. The third-order valence-electron chi connectivity index (χ3n) is 2.95. The summed E-state index contributed by atoms with van der Waals surface area (Å²) in [4.78, 5) is 16.2. The summed E-state index contributed by atoms with van der Waals surface area (Å²) in [6.45, 7) is 2.03. The van der Waals surface area contributed by atoms with Crippen LogP contribution in [0.1, 0.15) is 35.3 Å². The van der Waals surface area contributed by atoms with Crippen LogP contribution in [-0.2, 0) is 0 Å². The summed E-state index contributed by atoms with van der Waals surface area (Å²) < 4.78 is 0.782. The van der Waals surface area contributed by atoms with Crippen molar-refractivity contribution >= 4 is 33.4 Å². The van der Waals surface area contributed by atoms with Crippen LogP contribution in [-0.4, -0.2) is 10.9 Å². The average Bonchev–Trinajstić information content (AvgIpc) is 2.45. The Bertz CT molecular complexity index is 601. The van der Waals surface area contributed by atoms with E-state index in [-0.39, 0.29) is 11.9 Å². The van der Waals surface area contributed by atoms with E-state index in [4.69, 9.17) is 11.6 Å². The zero-order valence-corrected chi connectivity index (χ0v) is 13.3. The van der Waals surface area contributed by atoms with Crippen molar-refractivity contribution in [3.8, 4) is 0 Å². The molecule has 1 atom stereocenters. The molecule has 3 nitrogen and oxygen atoms in total. The lowest BCUT2D eigenvalue weighted by atomic mass is 10.0. The summed E-state index contributed by atoms with van der Waals surface area (Å²) in [5.74, 6) is -0.138. The molecule has 5 heteroatoms. The van der Waals surface area contributed by atoms with Gasteiger partial charge in [-0.2, -0.15) is 0 Å². The van der Waals surface area contributed by atoms with Gasteiger partial charge >= 0.3 is 0 Å². The Morgan fingerprint density at radius 3 is 2.65 bits per heavy atom. The highest BCUT2D eigenvalue weighted by Gasteiger charge is 2.14. The molecule has 1 aromatic carbocycles.